The minimum atomic E-state index is -0.562. The molecule has 6 rings (SSSR count). The molecule has 262 valence electrons. The van der Waals surface area contributed by atoms with Crippen molar-refractivity contribution < 1.29 is 28.2 Å². The summed E-state index contributed by atoms with van der Waals surface area (Å²) in [6.07, 6.45) is 3.77. The molecule has 1 aliphatic carbocycles. The number of carbonyl (C=O) groups is 2. The molecule has 0 radical (unpaired) electrons. The number of aromatic nitrogens is 4. The molecule has 1 saturated heterocycles. The van der Waals surface area contributed by atoms with Crippen molar-refractivity contribution in [2.24, 2.45) is 5.41 Å². The lowest BCUT2D eigenvalue weighted by Crippen LogP contribution is -2.65. The third-order valence-electron chi connectivity index (χ3n) is 9.03. The molecule has 2 fully saturated rings. The first-order valence-electron chi connectivity index (χ1n) is 16.7. The van der Waals surface area contributed by atoms with E-state index in [1.54, 1.807) is 16.0 Å². The topological polar surface area (TPSA) is 123 Å². The highest BCUT2D eigenvalue weighted by molar-refractivity contribution is 6.28. The number of amides is 2. The first-order valence-corrected chi connectivity index (χ1v) is 17.1. The van der Waals surface area contributed by atoms with Crippen LogP contribution in [0.2, 0.25) is 5.28 Å². The van der Waals surface area contributed by atoms with E-state index in [9.17, 15) is 14.0 Å². The van der Waals surface area contributed by atoms with Crippen molar-refractivity contribution in [2.45, 2.75) is 98.1 Å². The molecule has 0 unspecified atom stereocenters. The van der Waals surface area contributed by atoms with Crippen molar-refractivity contribution in [3.05, 3.63) is 58.4 Å². The van der Waals surface area contributed by atoms with E-state index in [0.717, 1.165) is 29.8 Å². The van der Waals surface area contributed by atoms with Gasteiger partial charge in [-0.1, -0.05) is 0 Å². The number of carbonyl (C=O) groups excluding carboxylic acids is 2. The molecule has 1 spiro atoms. The SMILES string of the molecule is CC(C)N(C(=O)c1cc(F)ccc1Oc1nnc(Cl)nc1N1CC2(CC(Oc3ccnc4c3CCN(C(=O)OC(C)(C)C)C4)C2)C1)C(C)C. The lowest BCUT2D eigenvalue weighted by molar-refractivity contribution is -0.0352. The Kier molecular flexibility index (Phi) is 9.33. The van der Waals surface area contributed by atoms with E-state index in [0.29, 0.717) is 38.4 Å². The zero-order valence-corrected chi connectivity index (χ0v) is 29.8. The summed E-state index contributed by atoms with van der Waals surface area (Å²) in [7, 11) is 0. The molecule has 2 amide bonds. The molecule has 1 aromatic carbocycles. The highest BCUT2D eigenvalue weighted by Gasteiger charge is 2.54. The summed E-state index contributed by atoms with van der Waals surface area (Å²) in [5.74, 6) is 0.544. The highest BCUT2D eigenvalue weighted by Crippen LogP contribution is 2.52. The zero-order valence-electron chi connectivity index (χ0n) is 29.0. The zero-order chi connectivity index (χ0) is 35.2. The smallest absolute Gasteiger partial charge is 0.410 e. The second-order valence-corrected chi connectivity index (χ2v) is 15.1. The van der Waals surface area contributed by atoms with Crippen LogP contribution < -0.4 is 14.4 Å². The summed E-state index contributed by atoms with van der Waals surface area (Å²) < 4.78 is 32.6. The van der Waals surface area contributed by atoms with Crippen molar-refractivity contribution in [3.8, 4) is 17.4 Å². The fourth-order valence-electron chi connectivity index (χ4n) is 6.99. The Hall–Kier alpha value is -4.26. The number of fused-ring (bicyclic) bond motifs is 1. The van der Waals surface area contributed by atoms with Gasteiger partial charge >= 0.3 is 6.09 Å². The Bertz CT molecular complexity index is 1730. The molecule has 49 heavy (non-hydrogen) atoms. The van der Waals surface area contributed by atoms with Gasteiger partial charge in [-0.15, -0.1) is 10.2 Å². The van der Waals surface area contributed by atoms with Gasteiger partial charge in [0.1, 0.15) is 29.0 Å². The average Bonchev–Trinajstić information content (AvgIpc) is 2.98. The van der Waals surface area contributed by atoms with Crippen LogP contribution in [-0.4, -0.2) is 85.4 Å². The highest BCUT2D eigenvalue weighted by atomic mass is 35.5. The predicted molar refractivity (Wildman–Crippen MR) is 181 cm³/mol. The molecule has 2 aromatic heterocycles. The van der Waals surface area contributed by atoms with Crippen LogP contribution in [0, 0.1) is 11.2 Å². The van der Waals surface area contributed by atoms with Crippen molar-refractivity contribution >= 4 is 29.4 Å². The molecule has 0 N–H and O–H groups in total. The molecule has 1 saturated carbocycles. The monoisotopic (exact) mass is 695 g/mol. The van der Waals surface area contributed by atoms with Gasteiger partial charge in [-0.3, -0.25) is 9.78 Å². The number of benzene rings is 1. The second kappa shape index (κ2) is 13.2. The first kappa shape index (κ1) is 34.6. The lowest BCUT2D eigenvalue weighted by Gasteiger charge is -2.58. The number of nitrogens with zero attached hydrogens (tertiary/aromatic N) is 7. The van der Waals surface area contributed by atoms with E-state index >= 15 is 0 Å². The average molecular weight is 696 g/mol. The van der Waals surface area contributed by atoms with Crippen LogP contribution in [-0.2, 0) is 17.7 Å². The van der Waals surface area contributed by atoms with Gasteiger partial charge in [0.2, 0.25) is 5.28 Å². The number of rotatable bonds is 8. The summed E-state index contributed by atoms with van der Waals surface area (Å²) in [5.41, 5.74) is 1.41. The third kappa shape index (κ3) is 7.36. The van der Waals surface area contributed by atoms with E-state index < -0.39 is 11.4 Å². The van der Waals surface area contributed by atoms with Gasteiger partial charge < -0.3 is 28.9 Å². The molecular weight excluding hydrogens is 653 g/mol. The number of anilines is 1. The summed E-state index contributed by atoms with van der Waals surface area (Å²) in [6, 6.07) is 5.51. The normalized spacial score (nSPS) is 17.0. The number of hydrogen-bond donors (Lipinski definition) is 0. The summed E-state index contributed by atoms with van der Waals surface area (Å²) in [6.45, 7) is 15.5. The molecule has 14 heteroatoms. The Morgan fingerprint density at radius 2 is 1.78 bits per heavy atom. The molecule has 2 aliphatic heterocycles. The Balaban J connectivity index is 1.10. The molecule has 4 heterocycles. The van der Waals surface area contributed by atoms with Crippen molar-refractivity contribution in [1.82, 2.24) is 30.0 Å². The van der Waals surface area contributed by atoms with E-state index in [2.05, 4.69) is 20.2 Å². The Labute approximate surface area is 290 Å². The maximum absolute atomic E-state index is 14.4. The quantitative estimate of drug-likeness (QED) is 0.260. The van der Waals surface area contributed by atoms with Gasteiger partial charge in [-0.25, -0.2) is 9.18 Å². The van der Waals surface area contributed by atoms with Crippen LogP contribution in [0.4, 0.5) is 15.0 Å². The van der Waals surface area contributed by atoms with Gasteiger partial charge in [0, 0.05) is 48.9 Å². The standard InChI is InChI=1S/C35H43ClFN7O5/c1-20(2)44(21(3)4)31(45)25-14-22(37)8-9-27(25)48-30-29(39-32(36)41-40-30)43-18-35(19-43)15-23(16-35)47-28-10-12-38-26-17-42(13-11-24(26)28)33(46)49-34(5,6)7/h8-10,12,14,20-21,23H,11,13,15-19H2,1-7H3. The minimum absolute atomic E-state index is 0.0337. The van der Waals surface area contributed by atoms with E-state index in [1.807, 2.05) is 59.4 Å². The van der Waals surface area contributed by atoms with Gasteiger partial charge in [0.15, 0.2) is 5.82 Å². The summed E-state index contributed by atoms with van der Waals surface area (Å²) in [5, 5.41) is 8.01. The van der Waals surface area contributed by atoms with Crippen LogP contribution in [0.15, 0.2) is 30.5 Å². The van der Waals surface area contributed by atoms with Crippen molar-refractivity contribution in [3.63, 3.8) is 0 Å². The molecule has 3 aliphatic rings. The molecule has 12 nitrogen and oxygen atoms in total. The fourth-order valence-corrected chi connectivity index (χ4v) is 7.10. The number of hydrogen-bond acceptors (Lipinski definition) is 10. The van der Waals surface area contributed by atoms with Gasteiger partial charge in [0.25, 0.3) is 11.8 Å². The molecule has 3 aromatic rings. The van der Waals surface area contributed by atoms with Gasteiger partial charge in [0.05, 0.1) is 17.8 Å². The first-order chi connectivity index (χ1) is 23.1. The maximum atomic E-state index is 14.4. The van der Waals surface area contributed by atoms with Gasteiger partial charge in [-0.05, 0) is 104 Å². The van der Waals surface area contributed by atoms with Crippen molar-refractivity contribution in [2.75, 3.05) is 24.5 Å². The molecule has 0 bridgehead atoms. The second-order valence-electron chi connectivity index (χ2n) is 14.7. The van der Waals surface area contributed by atoms with Gasteiger partial charge in [-0.2, -0.15) is 4.98 Å². The van der Waals surface area contributed by atoms with Crippen LogP contribution >= 0.6 is 11.6 Å². The Morgan fingerprint density at radius 3 is 2.45 bits per heavy atom. The minimum Gasteiger partial charge on any atom is -0.490 e. The summed E-state index contributed by atoms with van der Waals surface area (Å²) >= 11 is 6.17. The molecule has 0 atom stereocenters. The Morgan fingerprint density at radius 1 is 1.06 bits per heavy atom. The largest absolute Gasteiger partial charge is 0.490 e. The summed E-state index contributed by atoms with van der Waals surface area (Å²) in [4.78, 5) is 40.5. The maximum Gasteiger partial charge on any atom is 0.410 e. The van der Waals surface area contributed by atoms with E-state index in [-0.39, 0.29) is 58.1 Å². The number of halogens is 2. The fraction of sp³-hybridized carbons (Fsp3) is 0.543. The van der Waals surface area contributed by atoms with Crippen LogP contribution in [0.5, 0.6) is 17.4 Å². The van der Waals surface area contributed by atoms with Crippen molar-refractivity contribution in [1.29, 1.82) is 0 Å². The number of pyridine rings is 1. The molecular formula is C35H43ClFN7O5. The van der Waals surface area contributed by atoms with Crippen LogP contribution in [0.3, 0.4) is 0 Å². The van der Waals surface area contributed by atoms with Crippen LogP contribution in [0.25, 0.3) is 0 Å². The predicted octanol–water partition coefficient (Wildman–Crippen LogP) is 6.45. The van der Waals surface area contributed by atoms with E-state index in [1.165, 1.54) is 18.2 Å². The van der Waals surface area contributed by atoms with Crippen LogP contribution in [0.1, 0.15) is 82.9 Å². The third-order valence-corrected chi connectivity index (χ3v) is 9.19. The lowest BCUT2D eigenvalue weighted by atomic mass is 9.61. The van der Waals surface area contributed by atoms with E-state index in [4.69, 9.17) is 25.8 Å². The number of ether oxygens (including phenoxy) is 3.